The molecule has 2 heteroatoms. The maximum Gasteiger partial charge on any atom is 0.158 e. The Labute approximate surface area is 72.8 Å². The van der Waals surface area contributed by atoms with Crippen molar-refractivity contribution < 1.29 is 9.84 Å². The number of rotatable bonds is 4. The topological polar surface area (TPSA) is 29.5 Å². The lowest BCUT2D eigenvalue weighted by Crippen LogP contribution is -2.14. The van der Waals surface area contributed by atoms with Crippen LogP contribution >= 0.6 is 0 Å². The van der Waals surface area contributed by atoms with E-state index in [0.717, 1.165) is 5.56 Å². The van der Waals surface area contributed by atoms with E-state index in [-0.39, 0.29) is 0 Å². The average molecular weight is 165 g/mol. The molecule has 2 nitrogen and oxygen atoms in total. The van der Waals surface area contributed by atoms with Gasteiger partial charge in [-0.3, -0.25) is 0 Å². The van der Waals surface area contributed by atoms with E-state index in [9.17, 15) is 5.11 Å². The lowest BCUT2D eigenvalue weighted by molar-refractivity contribution is -0.0876. The Morgan fingerprint density at radius 2 is 2.00 bits per heavy atom. The minimum atomic E-state index is -0.732. The highest BCUT2D eigenvalue weighted by Crippen LogP contribution is 2.03. The Hall–Kier alpha value is -0.860. The molecule has 1 atom stereocenters. The van der Waals surface area contributed by atoms with Gasteiger partial charge < -0.3 is 9.84 Å². The van der Waals surface area contributed by atoms with Crippen LogP contribution in [0.1, 0.15) is 5.56 Å². The second-order valence-electron chi connectivity index (χ2n) is 2.52. The van der Waals surface area contributed by atoms with E-state index in [1.165, 1.54) is 0 Å². The summed E-state index contributed by atoms with van der Waals surface area (Å²) in [6.45, 7) is 3.78. The van der Waals surface area contributed by atoms with Crippen LogP contribution in [0, 0.1) is 6.92 Å². The third-order valence-electron chi connectivity index (χ3n) is 1.56. The highest BCUT2D eigenvalue weighted by atomic mass is 16.6. The number of hydrogen-bond acceptors (Lipinski definition) is 2. The zero-order valence-electron chi connectivity index (χ0n) is 6.94. The fraction of sp³-hybridized carbons (Fsp3) is 0.300. The Kier molecular flexibility index (Phi) is 3.77. The van der Waals surface area contributed by atoms with E-state index in [0.29, 0.717) is 13.0 Å². The summed E-state index contributed by atoms with van der Waals surface area (Å²) in [5, 5.41) is 9.24. The first-order chi connectivity index (χ1) is 5.83. The average Bonchev–Trinajstić information content (AvgIpc) is 2.06. The summed E-state index contributed by atoms with van der Waals surface area (Å²) in [5.41, 5.74) is 1.07. The van der Waals surface area contributed by atoms with Crippen molar-refractivity contribution in [1.82, 2.24) is 0 Å². The highest BCUT2D eigenvalue weighted by molar-refractivity contribution is 5.14. The van der Waals surface area contributed by atoms with Crippen LogP contribution in [0.15, 0.2) is 30.3 Å². The molecule has 0 aromatic heterocycles. The summed E-state index contributed by atoms with van der Waals surface area (Å²) in [5.74, 6) is 0. The maximum atomic E-state index is 9.24. The van der Waals surface area contributed by atoms with E-state index in [2.05, 4.69) is 6.92 Å². The second kappa shape index (κ2) is 4.91. The lowest BCUT2D eigenvalue weighted by atomic mass is 10.1. The molecule has 0 spiro atoms. The van der Waals surface area contributed by atoms with E-state index in [1.807, 2.05) is 30.3 Å². The van der Waals surface area contributed by atoms with Crippen molar-refractivity contribution in [2.75, 3.05) is 6.61 Å². The molecule has 1 aromatic carbocycles. The van der Waals surface area contributed by atoms with Gasteiger partial charge in [0.25, 0.3) is 0 Å². The molecule has 0 aliphatic carbocycles. The van der Waals surface area contributed by atoms with Gasteiger partial charge in [-0.15, -0.1) is 0 Å². The van der Waals surface area contributed by atoms with Gasteiger partial charge in [0, 0.05) is 13.0 Å². The molecule has 0 aliphatic heterocycles. The third-order valence-corrected chi connectivity index (χ3v) is 1.56. The van der Waals surface area contributed by atoms with Gasteiger partial charge in [-0.05, 0) is 12.5 Å². The zero-order valence-corrected chi connectivity index (χ0v) is 6.94. The number of hydrogen-bond donors (Lipinski definition) is 1. The fourth-order valence-electron chi connectivity index (χ4n) is 1.01. The normalized spacial score (nSPS) is 12.8. The molecule has 0 fully saturated rings. The van der Waals surface area contributed by atoms with Gasteiger partial charge >= 0.3 is 0 Å². The molecule has 0 heterocycles. The Morgan fingerprint density at radius 1 is 1.33 bits per heavy atom. The monoisotopic (exact) mass is 165 g/mol. The molecular formula is C10H13O2. The van der Waals surface area contributed by atoms with Gasteiger partial charge in [0.2, 0.25) is 0 Å². The van der Waals surface area contributed by atoms with Crippen LogP contribution in [-0.2, 0) is 11.2 Å². The zero-order chi connectivity index (χ0) is 8.81. The van der Waals surface area contributed by atoms with Gasteiger partial charge in [0.15, 0.2) is 6.29 Å². The molecule has 1 unspecified atom stereocenters. The Morgan fingerprint density at radius 3 is 2.58 bits per heavy atom. The molecule has 1 aromatic rings. The Bertz CT molecular complexity index is 208. The van der Waals surface area contributed by atoms with Gasteiger partial charge in [-0.25, -0.2) is 0 Å². The van der Waals surface area contributed by atoms with Gasteiger partial charge in [0.1, 0.15) is 0 Å². The minimum Gasteiger partial charge on any atom is -0.368 e. The summed E-state index contributed by atoms with van der Waals surface area (Å²) >= 11 is 0. The van der Waals surface area contributed by atoms with Crippen molar-refractivity contribution in [3.8, 4) is 0 Å². The number of benzene rings is 1. The molecule has 0 saturated heterocycles. The van der Waals surface area contributed by atoms with Crippen LogP contribution in [0.2, 0.25) is 0 Å². The predicted octanol–water partition coefficient (Wildman–Crippen LogP) is 1.40. The standard InChI is InChI=1S/C10H13O2/c1-2-12-10(11)8-9-6-4-3-5-7-9/h3-7,10-11H,1-2,8H2. The van der Waals surface area contributed by atoms with Crippen LogP contribution in [0.25, 0.3) is 0 Å². The van der Waals surface area contributed by atoms with Crippen LogP contribution in [-0.4, -0.2) is 18.0 Å². The predicted molar refractivity (Wildman–Crippen MR) is 47.5 cm³/mol. The first-order valence-electron chi connectivity index (χ1n) is 3.96. The quantitative estimate of drug-likeness (QED) is 0.683. The van der Waals surface area contributed by atoms with Crippen molar-refractivity contribution in [3.05, 3.63) is 42.8 Å². The third kappa shape index (κ3) is 3.03. The van der Waals surface area contributed by atoms with Crippen molar-refractivity contribution >= 4 is 0 Å². The molecule has 1 rings (SSSR count). The van der Waals surface area contributed by atoms with Gasteiger partial charge in [-0.1, -0.05) is 30.3 Å². The Balaban J connectivity index is 2.41. The smallest absolute Gasteiger partial charge is 0.158 e. The largest absolute Gasteiger partial charge is 0.368 e. The van der Waals surface area contributed by atoms with Crippen molar-refractivity contribution in [2.24, 2.45) is 0 Å². The van der Waals surface area contributed by atoms with E-state index < -0.39 is 6.29 Å². The van der Waals surface area contributed by atoms with Crippen LogP contribution in [0.4, 0.5) is 0 Å². The number of aliphatic hydroxyl groups excluding tert-OH is 1. The molecule has 0 aliphatic rings. The molecule has 1 radical (unpaired) electrons. The van der Waals surface area contributed by atoms with Crippen molar-refractivity contribution in [2.45, 2.75) is 12.7 Å². The molecule has 1 N–H and O–H groups in total. The van der Waals surface area contributed by atoms with Gasteiger partial charge in [0.05, 0.1) is 0 Å². The van der Waals surface area contributed by atoms with E-state index in [4.69, 9.17) is 4.74 Å². The van der Waals surface area contributed by atoms with Gasteiger partial charge in [-0.2, -0.15) is 0 Å². The molecule has 0 bridgehead atoms. The molecular weight excluding hydrogens is 152 g/mol. The van der Waals surface area contributed by atoms with E-state index in [1.54, 1.807) is 0 Å². The SMILES string of the molecule is [CH2]COC(O)Cc1ccccc1. The second-order valence-corrected chi connectivity index (χ2v) is 2.52. The first-order valence-corrected chi connectivity index (χ1v) is 3.96. The summed E-state index contributed by atoms with van der Waals surface area (Å²) in [6, 6.07) is 9.72. The number of aliphatic hydroxyl groups is 1. The van der Waals surface area contributed by atoms with Crippen LogP contribution < -0.4 is 0 Å². The summed E-state index contributed by atoms with van der Waals surface area (Å²) < 4.78 is 4.89. The van der Waals surface area contributed by atoms with Crippen molar-refractivity contribution in [1.29, 1.82) is 0 Å². The summed E-state index contributed by atoms with van der Waals surface area (Å²) in [6.07, 6.45) is -0.207. The summed E-state index contributed by atoms with van der Waals surface area (Å²) in [4.78, 5) is 0. The summed E-state index contributed by atoms with van der Waals surface area (Å²) in [7, 11) is 0. The number of ether oxygens (including phenoxy) is 1. The minimum absolute atomic E-state index is 0.300. The van der Waals surface area contributed by atoms with Crippen molar-refractivity contribution in [3.63, 3.8) is 0 Å². The van der Waals surface area contributed by atoms with Crippen LogP contribution in [0.3, 0.4) is 0 Å². The first kappa shape index (κ1) is 9.23. The lowest BCUT2D eigenvalue weighted by Gasteiger charge is -2.09. The molecule has 12 heavy (non-hydrogen) atoms. The molecule has 0 saturated carbocycles. The maximum absolute atomic E-state index is 9.24. The molecule has 65 valence electrons. The fourth-order valence-corrected chi connectivity index (χ4v) is 1.01. The van der Waals surface area contributed by atoms with Crippen LogP contribution in [0.5, 0.6) is 0 Å². The highest BCUT2D eigenvalue weighted by Gasteiger charge is 2.02. The molecule has 0 amide bonds. The van der Waals surface area contributed by atoms with E-state index >= 15 is 0 Å².